The lowest BCUT2D eigenvalue weighted by Gasteiger charge is -2.07. The maximum atomic E-state index is 11.1. The molecular formula is C14H21NOS. The second kappa shape index (κ2) is 7.38. The van der Waals surface area contributed by atoms with Gasteiger partial charge in [0, 0.05) is 23.1 Å². The summed E-state index contributed by atoms with van der Waals surface area (Å²) in [4.78, 5) is 12.4. The van der Waals surface area contributed by atoms with E-state index in [1.54, 1.807) is 0 Å². The van der Waals surface area contributed by atoms with E-state index in [4.69, 9.17) is 0 Å². The van der Waals surface area contributed by atoms with E-state index in [1.165, 1.54) is 10.5 Å². The van der Waals surface area contributed by atoms with Crippen LogP contribution in [0.25, 0.3) is 0 Å². The summed E-state index contributed by atoms with van der Waals surface area (Å²) in [5.74, 6) is 0.122. The zero-order valence-corrected chi connectivity index (χ0v) is 11.6. The molecule has 1 amide bonds. The van der Waals surface area contributed by atoms with Gasteiger partial charge in [0.25, 0.3) is 0 Å². The van der Waals surface area contributed by atoms with Gasteiger partial charge in [-0.25, -0.2) is 0 Å². The highest BCUT2D eigenvalue weighted by Gasteiger charge is 2.00. The molecular weight excluding hydrogens is 230 g/mol. The molecule has 0 aliphatic heterocycles. The molecule has 1 rings (SSSR count). The molecule has 1 N–H and O–H groups in total. The van der Waals surface area contributed by atoms with E-state index in [1.807, 2.05) is 18.7 Å². The summed E-state index contributed by atoms with van der Waals surface area (Å²) >= 11 is 1.87. The van der Waals surface area contributed by atoms with Gasteiger partial charge in [-0.2, -0.15) is 0 Å². The van der Waals surface area contributed by atoms with Gasteiger partial charge in [0.05, 0.1) is 0 Å². The fourth-order valence-corrected chi connectivity index (χ4v) is 2.32. The first-order valence-corrected chi connectivity index (χ1v) is 7.02. The summed E-state index contributed by atoms with van der Waals surface area (Å²) in [6, 6.07) is 8.59. The molecule has 0 bridgehead atoms. The Hall–Kier alpha value is -0.960. The van der Waals surface area contributed by atoms with Crippen LogP contribution in [0.15, 0.2) is 29.2 Å². The molecule has 0 spiro atoms. The molecule has 0 atom stereocenters. The molecule has 0 saturated carbocycles. The number of nitrogens with one attached hydrogen (secondary N) is 1. The molecule has 0 unspecified atom stereocenters. The number of rotatable bonds is 6. The predicted octanol–water partition coefficient (Wildman–Crippen LogP) is 3.26. The van der Waals surface area contributed by atoms with E-state index in [9.17, 15) is 4.79 Å². The molecule has 0 aliphatic rings. The van der Waals surface area contributed by atoms with Gasteiger partial charge in [0.2, 0.25) is 5.91 Å². The molecule has 0 aromatic heterocycles. The quantitative estimate of drug-likeness (QED) is 0.786. The lowest BCUT2D eigenvalue weighted by atomic mass is 10.1. The summed E-state index contributed by atoms with van der Waals surface area (Å²) in [5.41, 5.74) is 1.27. The van der Waals surface area contributed by atoms with Crippen molar-refractivity contribution in [1.82, 2.24) is 5.32 Å². The predicted molar refractivity (Wildman–Crippen MR) is 74.4 cm³/mol. The molecule has 17 heavy (non-hydrogen) atoms. The second-order valence-electron chi connectivity index (χ2n) is 4.26. The monoisotopic (exact) mass is 251 g/mol. The number of thioether (sulfide) groups is 1. The number of carbonyl (C=O) groups is 1. The van der Waals surface area contributed by atoms with E-state index in [0.29, 0.717) is 11.7 Å². The highest BCUT2D eigenvalue weighted by molar-refractivity contribution is 7.99. The molecule has 0 fully saturated rings. The van der Waals surface area contributed by atoms with Crippen LogP contribution >= 0.6 is 11.8 Å². The van der Waals surface area contributed by atoms with Crippen molar-refractivity contribution in [2.24, 2.45) is 0 Å². The molecule has 1 aromatic rings. The molecule has 0 heterocycles. The SMILES string of the molecule is CCC(=O)NCCc1ccc(SC(C)C)cc1. The van der Waals surface area contributed by atoms with Gasteiger partial charge in [0.1, 0.15) is 0 Å². The first kappa shape index (κ1) is 14.1. The Balaban J connectivity index is 2.37. The fourth-order valence-electron chi connectivity index (χ4n) is 1.48. The Morgan fingerprint density at radius 2 is 1.94 bits per heavy atom. The molecule has 94 valence electrons. The van der Waals surface area contributed by atoms with Crippen LogP contribution in [-0.4, -0.2) is 17.7 Å². The smallest absolute Gasteiger partial charge is 0.219 e. The third-order valence-electron chi connectivity index (χ3n) is 2.35. The first-order chi connectivity index (χ1) is 8.11. The minimum absolute atomic E-state index is 0.122. The van der Waals surface area contributed by atoms with E-state index in [0.717, 1.165) is 13.0 Å². The van der Waals surface area contributed by atoms with Gasteiger partial charge >= 0.3 is 0 Å². The Bertz CT molecular complexity index is 346. The number of hydrogen-bond acceptors (Lipinski definition) is 2. The highest BCUT2D eigenvalue weighted by Crippen LogP contribution is 2.22. The van der Waals surface area contributed by atoms with Crippen LogP contribution in [0.3, 0.4) is 0 Å². The van der Waals surface area contributed by atoms with E-state index in [2.05, 4.69) is 43.4 Å². The van der Waals surface area contributed by atoms with Gasteiger partial charge in [-0.05, 0) is 24.1 Å². The van der Waals surface area contributed by atoms with E-state index < -0.39 is 0 Å². The molecule has 3 heteroatoms. The van der Waals surface area contributed by atoms with Crippen molar-refractivity contribution in [3.63, 3.8) is 0 Å². The maximum Gasteiger partial charge on any atom is 0.219 e. The second-order valence-corrected chi connectivity index (χ2v) is 5.91. The Morgan fingerprint density at radius 3 is 2.47 bits per heavy atom. The van der Waals surface area contributed by atoms with Crippen LogP contribution in [-0.2, 0) is 11.2 Å². The van der Waals surface area contributed by atoms with Crippen molar-refractivity contribution in [1.29, 1.82) is 0 Å². The molecule has 1 aromatic carbocycles. The molecule has 0 saturated heterocycles. The van der Waals surface area contributed by atoms with Crippen LogP contribution in [0.4, 0.5) is 0 Å². The summed E-state index contributed by atoms with van der Waals surface area (Å²) < 4.78 is 0. The Labute approximate surface area is 108 Å². The van der Waals surface area contributed by atoms with Crippen LogP contribution in [0.2, 0.25) is 0 Å². The van der Waals surface area contributed by atoms with Crippen molar-refractivity contribution in [2.75, 3.05) is 6.54 Å². The van der Waals surface area contributed by atoms with Crippen molar-refractivity contribution >= 4 is 17.7 Å². The zero-order valence-electron chi connectivity index (χ0n) is 10.8. The number of amides is 1. The van der Waals surface area contributed by atoms with Gasteiger partial charge in [0.15, 0.2) is 0 Å². The van der Waals surface area contributed by atoms with Crippen LogP contribution in [0.5, 0.6) is 0 Å². The number of hydrogen-bond donors (Lipinski definition) is 1. The number of carbonyl (C=O) groups excluding carboxylic acids is 1. The standard InChI is InChI=1S/C14H21NOS/c1-4-14(16)15-10-9-12-5-7-13(8-6-12)17-11(2)3/h5-8,11H,4,9-10H2,1-3H3,(H,15,16). The topological polar surface area (TPSA) is 29.1 Å². The van der Waals surface area contributed by atoms with Gasteiger partial charge in [-0.1, -0.05) is 32.9 Å². The summed E-state index contributed by atoms with van der Waals surface area (Å²) in [5, 5.41) is 3.50. The van der Waals surface area contributed by atoms with Crippen molar-refractivity contribution in [3.05, 3.63) is 29.8 Å². The fraction of sp³-hybridized carbons (Fsp3) is 0.500. The minimum atomic E-state index is 0.122. The van der Waals surface area contributed by atoms with Crippen LogP contribution in [0.1, 0.15) is 32.8 Å². The average molecular weight is 251 g/mol. The van der Waals surface area contributed by atoms with Crippen molar-refractivity contribution in [3.8, 4) is 0 Å². The van der Waals surface area contributed by atoms with Gasteiger partial charge in [-0.15, -0.1) is 11.8 Å². The molecule has 0 aliphatic carbocycles. The average Bonchev–Trinajstić information content (AvgIpc) is 2.30. The highest BCUT2D eigenvalue weighted by atomic mass is 32.2. The zero-order chi connectivity index (χ0) is 12.7. The Kier molecular flexibility index (Phi) is 6.12. The third-order valence-corrected chi connectivity index (χ3v) is 3.37. The van der Waals surface area contributed by atoms with Gasteiger partial charge < -0.3 is 5.32 Å². The summed E-state index contributed by atoms with van der Waals surface area (Å²) in [7, 11) is 0. The summed E-state index contributed by atoms with van der Waals surface area (Å²) in [6.45, 7) is 6.98. The molecule has 0 radical (unpaired) electrons. The van der Waals surface area contributed by atoms with E-state index in [-0.39, 0.29) is 5.91 Å². The Morgan fingerprint density at radius 1 is 1.29 bits per heavy atom. The minimum Gasteiger partial charge on any atom is -0.356 e. The largest absolute Gasteiger partial charge is 0.356 e. The lowest BCUT2D eigenvalue weighted by molar-refractivity contribution is -0.120. The lowest BCUT2D eigenvalue weighted by Crippen LogP contribution is -2.24. The number of benzene rings is 1. The normalized spacial score (nSPS) is 10.6. The van der Waals surface area contributed by atoms with E-state index >= 15 is 0 Å². The van der Waals surface area contributed by atoms with Crippen molar-refractivity contribution in [2.45, 2.75) is 43.8 Å². The third kappa shape index (κ3) is 5.78. The summed E-state index contributed by atoms with van der Waals surface area (Å²) in [6.07, 6.45) is 1.46. The van der Waals surface area contributed by atoms with Crippen molar-refractivity contribution < 1.29 is 4.79 Å². The van der Waals surface area contributed by atoms with Crippen LogP contribution in [0, 0.1) is 0 Å². The van der Waals surface area contributed by atoms with Crippen LogP contribution < -0.4 is 5.32 Å². The first-order valence-electron chi connectivity index (χ1n) is 6.14. The van der Waals surface area contributed by atoms with Gasteiger partial charge in [-0.3, -0.25) is 4.79 Å². The molecule has 2 nitrogen and oxygen atoms in total. The maximum absolute atomic E-state index is 11.1.